The van der Waals surface area contributed by atoms with Crippen LogP contribution < -0.4 is 0 Å². The third kappa shape index (κ3) is 1.86. The van der Waals surface area contributed by atoms with Crippen molar-refractivity contribution in [2.24, 2.45) is 11.3 Å². The first-order valence-corrected chi connectivity index (χ1v) is 5.91. The maximum absolute atomic E-state index is 12.3. The highest BCUT2D eigenvalue weighted by atomic mass is 16.5. The molecule has 0 aromatic heterocycles. The van der Waals surface area contributed by atoms with Crippen molar-refractivity contribution in [3.8, 4) is 0 Å². The van der Waals surface area contributed by atoms with Gasteiger partial charge < -0.3 is 9.64 Å². The molecule has 1 aliphatic heterocycles. The molecule has 2 rings (SSSR count). The van der Waals surface area contributed by atoms with E-state index in [4.69, 9.17) is 4.74 Å². The summed E-state index contributed by atoms with van der Waals surface area (Å²) in [5, 5.41) is 0. The van der Waals surface area contributed by atoms with Crippen LogP contribution in [-0.2, 0) is 14.3 Å². The van der Waals surface area contributed by atoms with Gasteiger partial charge in [-0.05, 0) is 39.3 Å². The number of methoxy groups -OCH3 is 1. The zero-order valence-corrected chi connectivity index (χ0v) is 9.99. The van der Waals surface area contributed by atoms with Crippen molar-refractivity contribution in [3.05, 3.63) is 0 Å². The monoisotopic (exact) mass is 225 g/mol. The molecule has 4 nitrogen and oxygen atoms in total. The fraction of sp³-hybridized carbons (Fsp3) is 0.833. The molecule has 4 heteroatoms. The molecule has 0 aromatic rings. The number of carbonyl (C=O) groups is 2. The van der Waals surface area contributed by atoms with Crippen LogP contribution in [0.2, 0.25) is 0 Å². The van der Waals surface area contributed by atoms with Crippen LogP contribution in [0.3, 0.4) is 0 Å². The van der Waals surface area contributed by atoms with E-state index in [1.807, 2.05) is 7.05 Å². The van der Waals surface area contributed by atoms with Gasteiger partial charge in [0, 0.05) is 12.5 Å². The topological polar surface area (TPSA) is 46.6 Å². The Morgan fingerprint density at radius 3 is 2.56 bits per heavy atom. The number of piperidine rings is 1. The summed E-state index contributed by atoms with van der Waals surface area (Å²) in [6.07, 6.45) is 3.32. The normalized spacial score (nSPS) is 28.5. The number of likely N-dealkylation sites (tertiary alicyclic amines) is 1. The van der Waals surface area contributed by atoms with E-state index in [2.05, 4.69) is 4.90 Å². The fourth-order valence-corrected chi connectivity index (χ4v) is 2.64. The molecule has 2 fully saturated rings. The highest BCUT2D eigenvalue weighted by molar-refractivity contribution is 6.07. The first-order chi connectivity index (χ1) is 7.60. The van der Waals surface area contributed by atoms with E-state index in [1.165, 1.54) is 7.11 Å². The summed E-state index contributed by atoms with van der Waals surface area (Å²) in [5.41, 5.74) is -0.766. The van der Waals surface area contributed by atoms with Crippen LogP contribution in [0.1, 0.15) is 25.7 Å². The lowest BCUT2D eigenvalue weighted by Gasteiger charge is -2.30. The molecule has 0 bridgehead atoms. The van der Waals surface area contributed by atoms with Crippen LogP contribution in [0, 0.1) is 11.3 Å². The molecule has 16 heavy (non-hydrogen) atoms. The SMILES string of the molecule is COC(=O)C1(C(=O)C2CCCN(C)C2)CC1. The van der Waals surface area contributed by atoms with Gasteiger partial charge in [0.2, 0.25) is 0 Å². The van der Waals surface area contributed by atoms with Gasteiger partial charge in [-0.15, -0.1) is 0 Å². The van der Waals surface area contributed by atoms with Gasteiger partial charge in [-0.1, -0.05) is 0 Å². The average molecular weight is 225 g/mol. The van der Waals surface area contributed by atoms with Crippen LogP contribution >= 0.6 is 0 Å². The second-order valence-electron chi connectivity index (χ2n) is 5.04. The van der Waals surface area contributed by atoms with Crippen molar-refractivity contribution in [2.45, 2.75) is 25.7 Å². The number of carbonyl (C=O) groups excluding carboxylic acids is 2. The van der Waals surface area contributed by atoms with Crippen molar-refractivity contribution >= 4 is 11.8 Å². The van der Waals surface area contributed by atoms with Crippen LogP contribution in [-0.4, -0.2) is 43.9 Å². The van der Waals surface area contributed by atoms with E-state index < -0.39 is 5.41 Å². The number of rotatable bonds is 3. The Kier molecular flexibility index (Phi) is 3.02. The Morgan fingerprint density at radius 2 is 2.06 bits per heavy atom. The molecule has 0 N–H and O–H groups in total. The molecule has 1 saturated carbocycles. The number of esters is 1. The minimum Gasteiger partial charge on any atom is -0.468 e. The number of Topliss-reactive ketones (excluding diaryl/α,β-unsaturated/α-hetero) is 1. The van der Waals surface area contributed by atoms with Gasteiger partial charge in [-0.25, -0.2) is 0 Å². The van der Waals surface area contributed by atoms with E-state index >= 15 is 0 Å². The quantitative estimate of drug-likeness (QED) is 0.528. The Balaban J connectivity index is 2.04. The zero-order valence-electron chi connectivity index (χ0n) is 9.99. The highest BCUT2D eigenvalue weighted by Gasteiger charge is 2.58. The Bertz CT molecular complexity index is 309. The molecule has 1 saturated heterocycles. The first-order valence-electron chi connectivity index (χ1n) is 5.91. The van der Waals surface area contributed by atoms with E-state index in [1.54, 1.807) is 0 Å². The van der Waals surface area contributed by atoms with Gasteiger partial charge in [0.15, 0.2) is 5.78 Å². The van der Waals surface area contributed by atoms with Gasteiger partial charge in [-0.3, -0.25) is 9.59 Å². The number of hydrogen-bond acceptors (Lipinski definition) is 4. The summed E-state index contributed by atoms with van der Waals surface area (Å²) in [6.45, 7) is 1.84. The molecule has 1 aliphatic carbocycles. The molecular formula is C12H19NO3. The molecule has 2 aliphatic rings. The predicted molar refractivity (Wildman–Crippen MR) is 58.9 cm³/mol. The smallest absolute Gasteiger partial charge is 0.319 e. The van der Waals surface area contributed by atoms with Crippen LogP contribution in [0.5, 0.6) is 0 Å². The maximum atomic E-state index is 12.3. The van der Waals surface area contributed by atoms with Gasteiger partial charge in [0.1, 0.15) is 5.41 Å². The van der Waals surface area contributed by atoms with E-state index in [0.717, 1.165) is 25.9 Å². The van der Waals surface area contributed by atoms with E-state index in [-0.39, 0.29) is 17.7 Å². The maximum Gasteiger partial charge on any atom is 0.319 e. The van der Waals surface area contributed by atoms with Crippen LogP contribution in [0.25, 0.3) is 0 Å². The van der Waals surface area contributed by atoms with Gasteiger partial charge in [-0.2, -0.15) is 0 Å². The third-order valence-electron chi connectivity index (χ3n) is 3.79. The first kappa shape index (κ1) is 11.6. The second kappa shape index (κ2) is 4.17. The molecule has 90 valence electrons. The van der Waals surface area contributed by atoms with Gasteiger partial charge in [0.05, 0.1) is 7.11 Å². The Morgan fingerprint density at radius 1 is 1.38 bits per heavy atom. The van der Waals surface area contributed by atoms with Gasteiger partial charge in [0.25, 0.3) is 0 Å². The van der Waals surface area contributed by atoms with Crippen molar-refractivity contribution < 1.29 is 14.3 Å². The molecule has 0 aromatic carbocycles. The summed E-state index contributed by atoms with van der Waals surface area (Å²) >= 11 is 0. The minimum absolute atomic E-state index is 0.0281. The lowest BCUT2D eigenvalue weighted by molar-refractivity contribution is -0.153. The van der Waals surface area contributed by atoms with E-state index in [0.29, 0.717) is 12.8 Å². The molecule has 0 radical (unpaired) electrons. The molecular weight excluding hydrogens is 206 g/mol. The molecule has 1 heterocycles. The predicted octanol–water partition coefficient (Wildman–Crippen LogP) is 0.850. The molecule has 0 amide bonds. The van der Waals surface area contributed by atoms with Gasteiger partial charge >= 0.3 is 5.97 Å². The molecule has 1 unspecified atom stereocenters. The Hall–Kier alpha value is -0.900. The van der Waals surface area contributed by atoms with Crippen molar-refractivity contribution in [2.75, 3.05) is 27.2 Å². The van der Waals surface area contributed by atoms with Crippen molar-refractivity contribution in [3.63, 3.8) is 0 Å². The molecule has 0 spiro atoms. The summed E-state index contributed by atoms with van der Waals surface area (Å²) in [4.78, 5) is 26.1. The summed E-state index contributed by atoms with van der Waals surface area (Å²) in [7, 11) is 3.39. The zero-order chi connectivity index (χ0) is 11.8. The summed E-state index contributed by atoms with van der Waals surface area (Å²) < 4.78 is 4.74. The van der Waals surface area contributed by atoms with E-state index in [9.17, 15) is 9.59 Å². The number of nitrogens with zero attached hydrogens (tertiary/aromatic N) is 1. The minimum atomic E-state index is -0.766. The lowest BCUT2D eigenvalue weighted by atomic mass is 9.85. The standard InChI is InChI=1S/C12H19NO3/c1-13-7-3-4-9(8-13)10(14)12(5-6-12)11(15)16-2/h9H,3-8H2,1-2H3. The third-order valence-corrected chi connectivity index (χ3v) is 3.79. The van der Waals surface area contributed by atoms with Crippen LogP contribution in [0.15, 0.2) is 0 Å². The van der Waals surface area contributed by atoms with Crippen LogP contribution in [0.4, 0.5) is 0 Å². The highest BCUT2D eigenvalue weighted by Crippen LogP contribution is 2.50. The number of hydrogen-bond donors (Lipinski definition) is 0. The second-order valence-corrected chi connectivity index (χ2v) is 5.04. The van der Waals surface area contributed by atoms with Crippen molar-refractivity contribution in [1.29, 1.82) is 0 Å². The summed E-state index contributed by atoms with van der Waals surface area (Å²) in [6, 6.07) is 0. The number of ketones is 1. The average Bonchev–Trinajstić information content (AvgIpc) is 3.08. The molecule has 1 atom stereocenters. The largest absolute Gasteiger partial charge is 0.468 e. The lowest BCUT2D eigenvalue weighted by Crippen LogP contribution is -2.41. The summed E-state index contributed by atoms with van der Waals surface area (Å²) in [5.74, 6) is -0.183. The van der Waals surface area contributed by atoms with Crippen molar-refractivity contribution in [1.82, 2.24) is 4.90 Å². The Labute approximate surface area is 95.9 Å². The number of ether oxygens (including phenoxy) is 1. The fourth-order valence-electron chi connectivity index (χ4n) is 2.64.